The number of hydrogen-bond donors (Lipinski definition) is 0. The molecule has 1 aliphatic rings. The lowest BCUT2D eigenvalue weighted by atomic mass is 10.0. The second-order valence-electron chi connectivity index (χ2n) is 9.35. The quantitative estimate of drug-likeness (QED) is 0.687. The van der Waals surface area contributed by atoms with Gasteiger partial charge in [-0.25, -0.2) is 0 Å². The van der Waals surface area contributed by atoms with Gasteiger partial charge in [0, 0.05) is 45.5 Å². The zero-order chi connectivity index (χ0) is 24.0. The Morgan fingerprint density at radius 3 is 2.33 bits per heavy atom. The number of anilines is 1. The summed E-state index contributed by atoms with van der Waals surface area (Å²) in [5, 5.41) is 0. The third kappa shape index (κ3) is 6.06. The molecule has 6 nitrogen and oxygen atoms in total. The summed E-state index contributed by atoms with van der Waals surface area (Å²) in [6, 6.07) is 15.0. The molecule has 0 saturated carbocycles. The third-order valence-electron chi connectivity index (χ3n) is 6.33. The molecule has 178 valence electrons. The van der Waals surface area contributed by atoms with Gasteiger partial charge in [-0.15, -0.1) is 0 Å². The van der Waals surface area contributed by atoms with Crippen LogP contribution in [0.4, 0.5) is 5.69 Å². The average molecular weight is 452 g/mol. The van der Waals surface area contributed by atoms with Crippen LogP contribution in [0.5, 0.6) is 5.75 Å². The van der Waals surface area contributed by atoms with Crippen LogP contribution in [0.1, 0.15) is 53.8 Å². The Morgan fingerprint density at radius 2 is 1.67 bits per heavy atom. The summed E-state index contributed by atoms with van der Waals surface area (Å²) in [4.78, 5) is 32.3. The summed E-state index contributed by atoms with van der Waals surface area (Å²) in [6.07, 6.45) is 2.74. The van der Waals surface area contributed by atoms with Gasteiger partial charge in [0.25, 0.3) is 11.8 Å². The second kappa shape index (κ2) is 11.2. The van der Waals surface area contributed by atoms with Crippen molar-refractivity contribution in [2.24, 2.45) is 5.92 Å². The highest BCUT2D eigenvalue weighted by Gasteiger charge is 2.29. The molecule has 1 heterocycles. The molecule has 0 unspecified atom stereocenters. The summed E-state index contributed by atoms with van der Waals surface area (Å²) in [7, 11) is 5.81. The van der Waals surface area contributed by atoms with Gasteiger partial charge in [0.1, 0.15) is 12.4 Å². The molecule has 1 atom stereocenters. The summed E-state index contributed by atoms with van der Waals surface area (Å²) in [5.41, 5.74) is 2.32. The molecular weight excluding hydrogens is 414 g/mol. The molecule has 0 aliphatic carbocycles. The van der Waals surface area contributed by atoms with Gasteiger partial charge in [-0.1, -0.05) is 26.0 Å². The van der Waals surface area contributed by atoms with Crippen molar-refractivity contribution in [1.82, 2.24) is 9.80 Å². The molecule has 0 fully saturated rings. The number of amides is 2. The fraction of sp³-hybridized carbons (Fsp3) is 0.481. The molecule has 2 aromatic carbocycles. The van der Waals surface area contributed by atoms with E-state index in [0.29, 0.717) is 36.6 Å². The standard InChI is InChI=1S/C27H37N3O3/c1-20(2)24-19-33-25-12-8-7-11-23(25)27(32)29(5)17-9-6-10-18-30(24)26(31)21-13-15-22(16-14-21)28(3)4/h7-8,11-16,20,24H,6,9-10,17-19H2,1-5H3/t24-/m1/s1. The highest BCUT2D eigenvalue weighted by atomic mass is 16.5. The number of carbonyl (C=O) groups is 2. The smallest absolute Gasteiger partial charge is 0.257 e. The molecule has 1 aliphatic heterocycles. The molecule has 0 saturated heterocycles. The van der Waals surface area contributed by atoms with Crippen molar-refractivity contribution < 1.29 is 14.3 Å². The molecule has 0 aromatic heterocycles. The Bertz CT molecular complexity index is 940. The van der Waals surface area contributed by atoms with Crippen molar-refractivity contribution in [3.63, 3.8) is 0 Å². The lowest BCUT2D eigenvalue weighted by Gasteiger charge is -2.35. The number of hydrogen-bond acceptors (Lipinski definition) is 4. The fourth-order valence-corrected chi connectivity index (χ4v) is 4.19. The van der Waals surface area contributed by atoms with Crippen LogP contribution in [0.25, 0.3) is 0 Å². The number of rotatable bonds is 3. The van der Waals surface area contributed by atoms with Crippen molar-refractivity contribution in [1.29, 1.82) is 0 Å². The van der Waals surface area contributed by atoms with Crippen LogP contribution in [0.2, 0.25) is 0 Å². The maximum Gasteiger partial charge on any atom is 0.257 e. The Kier molecular flexibility index (Phi) is 8.37. The molecule has 33 heavy (non-hydrogen) atoms. The predicted molar refractivity (Wildman–Crippen MR) is 133 cm³/mol. The minimum absolute atomic E-state index is 0.0268. The summed E-state index contributed by atoms with van der Waals surface area (Å²) < 4.78 is 6.21. The molecule has 0 radical (unpaired) electrons. The number of fused-ring (bicyclic) bond motifs is 1. The largest absolute Gasteiger partial charge is 0.491 e. The first kappa shape index (κ1) is 24.6. The Hall–Kier alpha value is -3.02. The van der Waals surface area contributed by atoms with Gasteiger partial charge in [0.15, 0.2) is 0 Å². The predicted octanol–water partition coefficient (Wildman–Crippen LogP) is 4.55. The Morgan fingerprint density at radius 1 is 1.00 bits per heavy atom. The van der Waals surface area contributed by atoms with E-state index in [1.165, 1.54) is 0 Å². The van der Waals surface area contributed by atoms with E-state index in [1.807, 2.05) is 79.5 Å². The van der Waals surface area contributed by atoms with Crippen LogP contribution in [0, 0.1) is 5.92 Å². The molecular formula is C27H37N3O3. The molecule has 6 heteroatoms. The lowest BCUT2D eigenvalue weighted by molar-refractivity contribution is 0.0528. The highest BCUT2D eigenvalue weighted by Crippen LogP contribution is 2.24. The van der Waals surface area contributed by atoms with Gasteiger partial charge in [-0.05, 0) is 61.6 Å². The number of benzene rings is 2. The van der Waals surface area contributed by atoms with E-state index in [1.54, 1.807) is 4.90 Å². The number of nitrogens with zero attached hydrogens (tertiary/aromatic N) is 3. The maximum absolute atomic E-state index is 13.6. The number of ether oxygens (including phenoxy) is 1. The van der Waals surface area contributed by atoms with Crippen LogP contribution in [-0.2, 0) is 0 Å². The van der Waals surface area contributed by atoms with Crippen LogP contribution < -0.4 is 9.64 Å². The second-order valence-corrected chi connectivity index (χ2v) is 9.35. The Labute approximate surface area is 198 Å². The first-order chi connectivity index (χ1) is 15.8. The van der Waals surface area contributed by atoms with Gasteiger partial charge in [0.2, 0.25) is 0 Å². The van der Waals surface area contributed by atoms with Gasteiger partial charge < -0.3 is 19.4 Å². The number of carbonyl (C=O) groups excluding carboxylic acids is 2. The van der Waals surface area contributed by atoms with Crippen LogP contribution in [0.3, 0.4) is 0 Å². The van der Waals surface area contributed by atoms with Gasteiger partial charge in [-0.3, -0.25) is 9.59 Å². The minimum Gasteiger partial charge on any atom is -0.491 e. The molecule has 0 spiro atoms. The maximum atomic E-state index is 13.6. The van der Waals surface area contributed by atoms with Crippen molar-refractivity contribution in [3.05, 3.63) is 59.7 Å². The fourth-order valence-electron chi connectivity index (χ4n) is 4.19. The van der Waals surface area contributed by atoms with Gasteiger partial charge in [0.05, 0.1) is 11.6 Å². The molecule has 0 N–H and O–H groups in total. The van der Waals surface area contributed by atoms with E-state index < -0.39 is 0 Å². The third-order valence-corrected chi connectivity index (χ3v) is 6.33. The van der Waals surface area contributed by atoms with E-state index in [0.717, 1.165) is 24.9 Å². The molecule has 0 bridgehead atoms. The first-order valence-electron chi connectivity index (χ1n) is 11.8. The van der Waals surface area contributed by atoms with E-state index in [4.69, 9.17) is 4.74 Å². The van der Waals surface area contributed by atoms with E-state index in [2.05, 4.69) is 13.8 Å². The van der Waals surface area contributed by atoms with Crippen LogP contribution >= 0.6 is 0 Å². The number of para-hydroxylation sites is 1. The monoisotopic (exact) mass is 451 g/mol. The van der Waals surface area contributed by atoms with Crippen molar-refractivity contribution in [2.75, 3.05) is 45.7 Å². The summed E-state index contributed by atoms with van der Waals surface area (Å²) in [5.74, 6) is 0.770. The normalized spacial score (nSPS) is 18.0. The SMILES string of the molecule is CC(C)[C@H]1COc2ccccc2C(=O)N(C)CCCCCN1C(=O)c1ccc(N(C)C)cc1. The lowest BCUT2D eigenvalue weighted by Crippen LogP contribution is -2.47. The minimum atomic E-state index is -0.104. The first-order valence-corrected chi connectivity index (χ1v) is 11.8. The van der Waals surface area contributed by atoms with E-state index in [9.17, 15) is 9.59 Å². The summed E-state index contributed by atoms with van der Waals surface area (Å²) in [6.45, 7) is 5.92. The van der Waals surface area contributed by atoms with Crippen LogP contribution in [0.15, 0.2) is 48.5 Å². The zero-order valence-electron chi connectivity index (χ0n) is 20.6. The van der Waals surface area contributed by atoms with Crippen molar-refractivity contribution in [2.45, 2.75) is 39.2 Å². The Balaban J connectivity index is 1.91. The van der Waals surface area contributed by atoms with Crippen LogP contribution in [-0.4, -0.2) is 68.5 Å². The summed E-state index contributed by atoms with van der Waals surface area (Å²) >= 11 is 0. The molecule has 3 rings (SSSR count). The topological polar surface area (TPSA) is 53.1 Å². The van der Waals surface area contributed by atoms with Crippen molar-refractivity contribution >= 4 is 17.5 Å². The van der Waals surface area contributed by atoms with E-state index >= 15 is 0 Å². The average Bonchev–Trinajstić information content (AvgIpc) is 2.82. The van der Waals surface area contributed by atoms with Gasteiger partial charge >= 0.3 is 0 Å². The molecule has 2 amide bonds. The van der Waals surface area contributed by atoms with Gasteiger partial charge in [-0.2, -0.15) is 0 Å². The molecule has 2 aromatic rings. The van der Waals surface area contributed by atoms with Crippen molar-refractivity contribution in [3.8, 4) is 5.75 Å². The highest BCUT2D eigenvalue weighted by molar-refractivity contribution is 5.97. The van der Waals surface area contributed by atoms with E-state index in [-0.39, 0.29) is 23.8 Å². The zero-order valence-corrected chi connectivity index (χ0v) is 20.6.